The molecule has 1 fully saturated rings. The Bertz CT molecular complexity index is 760. The molecule has 3 rings (SSSR count). The van der Waals surface area contributed by atoms with E-state index in [0.29, 0.717) is 17.6 Å². The van der Waals surface area contributed by atoms with E-state index in [-0.39, 0.29) is 12.0 Å². The maximum absolute atomic E-state index is 12.4. The van der Waals surface area contributed by atoms with Crippen LogP contribution in [0.5, 0.6) is 6.01 Å². The van der Waals surface area contributed by atoms with E-state index < -0.39 is 0 Å². The van der Waals surface area contributed by atoms with Gasteiger partial charge in [-0.2, -0.15) is 0 Å². The largest absolute Gasteiger partial charge is 0.458 e. The number of halogens is 1. The summed E-state index contributed by atoms with van der Waals surface area (Å²) in [5.74, 6) is -0.0181. The number of likely N-dealkylation sites (tertiary alicyclic amines) is 1. The van der Waals surface area contributed by atoms with Crippen molar-refractivity contribution >= 4 is 23.6 Å². The topological polar surface area (TPSA) is 55.3 Å². The Morgan fingerprint density at radius 3 is 2.73 bits per heavy atom. The third-order valence-corrected chi connectivity index (χ3v) is 4.59. The molecule has 136 valence electrons. The van der Waals surface area contributed by atoms with Crippen molar-refractivity contribution in [1.29, 1.82) is 0 Å². The molecule has 1 aromatic heterocycles. The van der Waals surface area contributed by atoms with Gasteiger partial charge in [-0.3, -0.25) is 4.79 Å². The lowest BCUT2D eigenvalue weighted by atomic mass is 10.1. The first kappa shape index (κ1) is 18.4. The Hall–Kier alpha value is -2.40. The van der Waals surface area contributed by atoms with Crippen molar-refractivity contribution in [3.8, 4) is 6.01 Å². The van der Waals surface area contributed by atoms with Gasteiger partial charge in [0.2, 0.25) is 5.91 Å². The summed E-state index contributed by atoms with van der Waals surface area (Å²) in [4.78, 5) is 22.7. The van der Waals surface area contributed by atoms with Gasteiger partial charge < -0.3 is 9.64 Å². The van der Waals surface area contributed by atoms with Crippen LogP contribution < -0.4 is 4.74 Å². The number of hydrogen-bond donors (Lipinski definition) is 0. The van der Waals surface area contributed by atoms with Crippen LogP contribution in [0.2, 0.25) is 5.02 Å². The molecule has 0 spiro atoms. The average molecular weight is 372 g/mol. The van der Waals surface area contributed by atoms with E-state index in [2.05, 4.69) is 16.9 Å². The molecule has 1 atom stereocenters. The van der Waals surface area contributed by atoms with Gasteiger partial charge >= 0.3 is 6.01 Å². The number of nitrogens with zero attached hydrogens (tertiary/aromatic N) is 3. The number of carbonyl (C=O) groups is 1. The molecule has 5 nitrogen and oxygen atoms in total. The molecule has 26 heavy (non-hydrogen) atoms. The van der Waals surface area contributed by atoms with E-state index in [9.17, 15) is 4.79 Å². The van der Waals surface area contributed by atoms with Gasteiger partial charge in [-0.1, -0.05) is 30.7 Å². The zero-order valence-electron chi connectivity index (χ0n) is 14.8. The molecule has 1 saturated heterocycles. The molecule has 1 amide bonds. The van der Waals surface area contributed by atoms with Crippen LogP contribution in [0.3, 0.4) is 0 Å². The zero-order chi connectivity index (χ0) is 18.4. The van der Waals surface area contributed by atoms with Crippen molar-refractivity contribution in [1.82, 2.24) is 14.9 Å². The molecule has 0 saturated carbocycles. The number of piperidine rings is 1. The summed E-state index contributed by atoms with van der Waals surface area (Å²) < 4.78 is 5.86. The minimum absolute atomic E-state index is 0.0181. The highest BCUT2D eigenvalue weighted by atomic mass is 35.5. The number of aromatic nitrogens is 2. The maximum atomic E-state index is 12.4. The van der Waals surface area contributed by atoms with E-state index in [4.69, 9.17) is 16.3 Å². The minimum atomic E-state index is -0.0795. The van der Waals surface area contributed by atoms with Gasteiger partial charge in [0.05, 0.1) is 6.54 Å². The van der Waals surface area contributed by atoms with Crippen LogP contribution in [-0.2, 0) is 11.2 Å². The number of carbonyl (C=O) groups excluding carboxylic acids is 1. The summed E-state index contributed by atoms with van der Waals surface area (Å²) in [5.41, 5.74) is 2.02. The van der Waals surface area contributed by atoms with E-state index in [1.807, 2.05) is 12.1 Å². The highest BCUT2D eigenvalue weighted by Crippen LogP contribution is 2.16. The van der Waals surface area contributed by atoms with Gasteiger partial charge in [0.25, 0.3) is 0 Å². The predicted octanol–water partition coefficient (Wildman–Crippen LogP) is 3.78. The third-order valence-electron chi connectivity index (χ3n) is 4.34. The molecule has 1 aliphatic rings. The Morgan fingerprint density at radius 1 is 1.31 bits per heavy atom. The fourth-order valence-electron chi connectivity index (χ4n) is 2.82. The number of benzene rings is 1. The van der Waals surface area contributed by atoms with E-state index >= 15 is 0 Å². The van der Waals surface area contributed by atoms with Gasteiger partial charge in [-0.15, -0.1) is 0 Å². The molecular formula is C20H22ClN3O2. The van der Waals surface area contributed by atoms with Crippen LogP contribution in [0.1, 0.15) is 30.9 Å². The zero-order valence-corrected chi connectivity index (χ0v) is 15.5. The van der Waals surface area contributed by atoms with Crippen molar-refractivity contribution < 1.29 is 9.53 Å². The number of hydrogen-bond acceptors (Lipinski definition) is 4. The van der Waals surface area contributed by atoms with Crippen molar-refractivity contribution in [3.05, 3.63) is 58.9 Å². The number of aryl methyl sites for hydroxylation is 1. The van der Waals surface area contributed by atoms with Crippen LogP contribution >= 0.6 is 11.6 Å². The van der Waals surface area contributed by atoms with Crippen molar-refractivity contribution in [3.63, 3.8) is 0 Å². The summed E-state index contributed by atoms with van der Waals surface area (Å²) in [6, 6.07) is 7.75. The van der Waals surface area contributed by atoms with E-state index in [1.54, 1.807) is 41.6 Å². The van der Waals surface area contributed by atoms with Gasteiger partial charge in [-0.05, 0) is 48.6 Å². The van der Waals surface area contributed by atoms with Crippen LogP contribution in [0.4, 0.5) is 0 Å². The second kappa shape index (κ2) is 8.81. The summed E-state index contributed by atoms with van der Waals surface area (Å²) in [5, 5.41) is 0.679. The molecule has 1 aromatic carbocycles. The quantitative estimate of drug-likeness (QED) is 0.750. The Labute approximate surface area is 158 Å². The Kier molecular flexibility index (Phi) is 6.23. The van der Waals surface area contributed by atoms with Gasteiger partial charge in [0.15, 0.2) is 0 Å². The third kappa shape index (κ3) is 5.05. The highest BCUT2D eigenvalue weighted by Gasteiger charge is 2.24. The molecule has 2 heterocycles. The first-order chi connectivity index (χ1) is 12.6. The number of rotatable bonds is 5. The first-order valence-corrected chi connectivity index (χ1v) is 9.22. The van der Waals surface area contributed by atoms with Crippen LogP contribution in [0, 0.1) is 0 Å². The summed E-state index contributed by atoms with van der Waals surface area (Å²) in [6.07, 6.45) is 9.57. The summed E-state index contributed by atoms with van der Waals surface area (Å²) in [6.45, 7) is 3.34. The number of amides is 1. The monoisotopic (exact) mass is 371 g/mol. The first-order valence-electron chi connectivity index (χ1n) is 8.84. The van der Waals surface area contributed by atoms with E-state index in [1.165, 1.54) is 0 Å². The molecule has 1 aliphatic heterocycles. The van der Waals surface area contributed by atoms with Gasteiger partial charge in [0, 0.05) is 30.0 Å². The molecule has 0 N–H and O–H groups in total. The minimum Gasteiger partial charge on any atom is -0.458 e. The molecular weight excluding hydrogens is 350 g/mol. The van der Waals surface area contributed by atoms with Gasteiger partial charge in [0.1, 0.15) is 6.10 Å². The lowest BCUT2D eigenvalue weighted by molar-refractivity contribution is -0.128. The van der Waals surface area contributed by atoms with Crippen molar-refractivity contribution in [2.24, 2.45) is 0 Å². The SMILES string of the molecule is CCc1cnc(OC2CCCN(C(=O)/C=C/c3ccc(Cl)cc3)C2)nc1. The lowest BCUT2D eigenvalue weighted by Crippen LogP contribution is -2.43. The van der Waals surface area contributed by atoms with Crippen LogP contribution in [0.25, 0.3) is 6.08 Å². The molecule has 0 radical (unpaired) electrons. The standard InChI is InChI=1S/C20H22ClN3O2/c1-2-15-12-22-20(23-13-15)26-18-4-3-11-24(14-18)19(25)10-7-16-5-8-17(21)9-6-16/h5-10,12-13,18H,2-4,11,14H2,1H3/b10-7+. The smallest absolute Gasteiger partial charge is 0.316 e. The molecule has 0 bridgehead atoms. The van der Waals surface area contributed by atoms with Gasteiger partial charge in [-0.25, -0.2) is 9.97 Å². The molecule has 1 unspecified atom stereocenters. The second-order valence-corrected chi connectivity index (χ2v) is 6.72. The normalized spacial score (nSPS) is 17.5. The molecule has 6 heteroatoms. The molecule has 2 aromatic rings. The fraction of sp³-hybridized carbons (Fsp3) is 0.350. The van der Waals surface area contributed by atoms with Crippen LogP contribution in [-0.4, -0.2) is 40.0 Å². The summed E-state index contributed by atoms with van der Waals surface area (Å²) >= 11 is 5.87. The number of ether oxygens (including phenoxy) is 1. The maximum Gasteiger partial charge on any atom is 0.316 e. The van der Waals surface area contributed by atoms with Crippen LogP contribution in [0.15, 0.2) is 42.7 Å². The Balaban J connectivity index is 1.56. The molecule has 0 aliphatic carbocycles. The lowest BCUT2D eigenvalue weighted by Gasteiger charge is -2.31. The second-order valence-electron chi connectivity index (χ2n) is 6.28. The van der Waals surface area contributed by atoms with Crippen molar-refractivity contribution in [2.45, 2.75) is 32.3 Å². The fourth-order valence-corrected chi connectivity index (χ4v) is 2.94. The van der Waals surface area contributed by atoms with E-state index in [0.717, 1.165) is 36.9 Å². The average Bonchev–Trinajstić information content (AvgIpc) is 2.68. The predicted molar refractivity (Wildman–Crippen MR) is 102 cm³/mol. The Morgan fingerprint density at radius 2 is 2.04 bits per heavy atom. The van der Waals surface area contributed by atoms with Crippen molar-refractivity contribution in [2.75, 3.05) is 13.1 Å². The summed E-state index contributed by atoms with van der Waals surface area (Å²) in [7, 11) is 0. The highest BCUT2D eigenvalue weighted by molar-refractivity contribution is 6.30.